The molecule has 0 radical (unpaired) electrons. The molecule has 11 heteroatoms. The second kappa shape index (κ2) is 9.99. The van der Waals surface area contributed by atoms with Gasteiger partial charge in [0.25, 0.3) is 0 Å². The zero-order valence-electron chi connectivity index (χ0n) is 16.0. The van der Waals surface area contributed by atoms with Gasteiger partial charge in [0.2, 0.25) is 5.91 Å². The first-order chi connectivity index (χ1) is 14.4. The summed E-state index contributed by atoms with van der Waals surface area (Å²) in [6.07, 6.45) is -9.74. The summed E-state index contributed by atoms with van der Waals surface area (Å²) in [5.41, 5.74) is 3.31. The number of nitrogens with two attached hydrogens (primary N) is 1. The highest BCUT2D eigenvalue weighted by molar-refractivity contribution is 5.81. The van der Waals surface area contributed by atoms with Gasteiger partial charge in [-0.1, -0.05) is 12.1 Å². The van der Waals surface area contributed by atoms with E-state index < -0.39 is 47.0 Å². The summed E-state index contributed by atoms with van der Waals surface area (Å²) in [6, 6.07) is 5.57. The van der Waals surface area contributed by atoms with Crippen molar-refractivity contribution >= 4 is 5.91 Å². The molecule has 0 spiro atoms. The van der Waals surface area contributed by atoms with Gasteiger partial charge in [0, 0.05) is 6.54 Å². The quantitative estimate of drug-likeness (QED) is 0.463. The van der Waals surface area contributed by atoms with Gasteiger partial charge in [-0.05, 0) is 48.7 Å². The van der Waals surface area contributed by atoms with E-state index in [0.29, 0.717) is 17.7 Å². The van der Waals surface area contributed by atoms with Crippen LogP contribution in [0.4, 0.5) is 30.7 Å². The van der Waals surface area contributed by atoms with Crippen LogP contribution in [0.3, 0.4) is 0 Å². The average molecular weight is 452 g/mol. The Morgan fingerprint density at radius 2 is 1.61 bits per heavy atom. The summed E-state index contributed by atoms with van der Waals surface area (Å²) in [4.78, 5) is 12.0. The van der Waals surface area contributed by atoms with Crippen molar-refractivity contribution in [2.45, 2.75) is 31.2 Å². The lowest BCUT2D eigenvalue weighted by atomic mass is 10.1. The van der Waals surface area contributed by atoms with E-state index in [0.717, 1.165) is 0 Å². The standard InChI is InChI=1S/C20H19F7N2O2/c21-15-4-1-3-12(7-15)8-17(28)18(30)29-5-2-6-31-16-10-13(19(22,23)24)9-14(11-16)20(25,26)27/h1,3-4,7,9-11,17H,2,5-6,8,28H2,(H,29,30)/t17-/m0/s1. The van der Waals surface area contributed by atoms with Gasteiger partial charge in [-0.25, -0.2) is 4.39 Å². The largest absolute Gasteiger partial charge is 0.493 e. The molecule has 2 rings (SSSR count). The molecule has 0 bridgehead atoms. The molecule has 0 unspecified atom stereocenters. The Balaban J connectivity index is 1.84. The van der Waals surface area contributed by atoms with Crippen molar-refractivity contribution in [2.24, 2.45) is 5.73 Å². The van der Waals surface area contributed by atoms with Gasteiger partial charge in [-0.3, -0.25) is 4.79 Å². The predicted octanol–water partition coefficient (Wildman–Crippen LogP) is 4.32. The minimum Gasteiger partial charge on any atom is -0.493 e. The van der Waals surface area contributed by atoms with Crippen molar-refractivity contribution in [3.63, 3.8) is 0 Å². The maximum Gasteiger partial charge on any atom is 0.416 e. The number of carbonyl (C=O) groups excluding carboxylic acids is 1. The highest BCUT2D eigenvalue weighted by Crippen LogP contribution is 2.38. The number of rotatable bonds is 8. The lowest BCUT2D eigenvalue weighted by Gasteiger charge is -2.15. The minimum atomic E-state index is -4.97. The number of ether oxygens (including phenoxy) is 1. The Morgan fingerprint density at radius 1 is 1.00 bits per heavy atom. The van der Waals surface area contributed by atoms with Crippen LogP contribution >= 0.6 is 0 Å². The molecule has 2 aromatic rings. The van der Waals surface area contributed by atoms with Crippen LogP contribution in [0, 0.1) is 5.82 Å². The van der Waals surface area contributed by atoms with E-state index in [2.05, 4.69) is 5.32 Å². The first-order valence-electron chi connectivity index (χ1n) is 9.06. The number of carbonyl (C=O) groups is 1. The molecule has 2 aromatic carbocycles. The molecule has 31 heavy (non-hydrogen) atoms. The number of alkyl halides is 6. The first-order valence-corrected chi connectivity index (χ1v) is 9.06. The Bertz CT molecular complexity index is 866. The summed E-state index contributed by atoms with van der Waals surface area (Å²) in [5, 5.41) is 2.48. The van der Waals surface area contributed by atoms with Crippen LogP contribution in [-0.4, -0.2) is 25.1 Å². The number of nitrogens with one attached hydrogen (secondary N) is 1. The molecular weight excluding hydrogens is 433 g/mol. The fraction of sp³-hybridized carbons (Fsp3) is 0.350. The van der Waals surface area contributed by atoms with Gasteiger partial charge in [0.1, 0.15) is 11.6 Å². The fourth-order valence-corrected chi connectivity index (χ4v) is 2.63. The summed E-state index contributed by atoms with van der Waals surface area (Å²) in [6.45, 7) is -0.210. The van der Waals surface area contributed by atoms with Crippen molar-refractivity contribution in [3.8, 4) is 5.75 Å². The van der Waals surface area contributed by atoms with Gasteiger partial charge < -0.3 is 15.8 Å². The summed E-state index contributed by atoms with van der Waals surface area (Å²) in [7, 11) is 0. The van der Waals surface area contributed by atoms with Crippen LogP contribution in [0.5, 0.6) is 5.75 Å². The van der Waals surface area contributed by atoms with E-state index in [-0.39, 0.29) is 32.1 Å². The van der Waals surface area contributed by atoms with Crippen LogP contribution in [0.2, 0.25) is 0 Å². The van der Waals surface area contributed by atoms with Crippen LogP contribution < -0.4 is 15.8 Å². The molecule has 0 saturated heterocycles. The first kappa shape index (κ1) is 24.4. The maximum atomic E-state index is 13.1. The molecule has 4 nitrogen and oxygen atoms in total. The average Bonchev–Trinajstić information content (AvgIpc) is 2.66. The molecule has 1 atom stereocenters. The maximum absolute atomic E-state index is 13.1. The molecule has 170 valence electrons. The van der Waals surface area contributed by atoms with Gasteiger partial charge >= 0.3 is 12.4 Å². The van der Waals surface area contributed by atoms with Gasteiger partial charge in [-0.2, -0.15) is 26.3 Å². The number of amides is 1. The topological polar surface area (TPSA) is 64.4 Å². The van der Waals surface area contributed by atoms with Crippen molar-refractivity contribution in [3.05, 3.63) is 65.0 Å². The lowest BCUT2D eigenvalue weighted by molar-refractivity contribution is -0.143. The smallest absolute Gasteiger partial charge is 0.416 e. The van der Waals surface area contributed by atoms with Crippen molar-refractivity contribution in [1.82, 2.24) is 5.32 Å². The van der Waals surface area contributed by atoms with Crippen molar-refractivity contribution in [1.29, 1.82) is 0 Å². The minimum absolute atomic E-state index is 0.00702. The molecule has 0 aliphatic carbocycles. The second-order valence-electron chi connectivity index (χ2n) is 6.68. The molecule has 1 amide bonds. The third kappa shape index (κ3) is 7.74. The van der Waals surface area contributed by atoms with Crippen LogP contribution in [0.25, 0.3) is 0 Å². The molecule has 3 N–H and O–H groups in total. The summed E-state index contributed by atoms with van der Waals surface area (Å²) < 4.78 is 95.1. The predicted molar refractivity (Wildman–Crippen MR) is 97.6 cm³/mol. The van der Waals surface area contributed by atoms with Gasteiger partial charge in [0.05, 0.1) is 23.8 Å². The van der Waals surface area contributed by atoms with E-state index >= 15 is 0 Å². The number of hydrogen-bond donors (Lipinski definition) is 2. The number of benzene rings is 2. The van der Waals surface area contributed by atoms with E-state index in [1.807, 2.05) is 0 Å². The Hall–Kier alpha value is -2.82. The molecular formula is C20H19F7N2O2. The zero-order valence-corrected chi connectivity index (χ0v) is 16.0. The van der Waals surface area contributed by atoms with E-state index in [9.17, 15) is 35.5 Å². The highest BCUT2D eigenvalue weighted by atomic mass is 19.4. The molecule has 0 heterocycles. The fourth-order valence-electron chi connectivity index (χ4n) is 2.63. The van der Waals surface area contributed by atoms with Crippen molar-refractivity contribution in [2.75, 3.05) is 13.2 Å². The van der Waals surface area contributed by atoms with E-state index in [1.165, 1.54) is 18.2 Å². The summed E-state index contributed by atoms with van der Waals surface area (Å²) >= 11 is 0. The van der Waals surface area contributed by atoms with E-state index in [1.54, 1.807) is 6.07 Å². The molecule has 0 fully saturated rings. The summed E-state index contributed by atoms with van der Waals surface area (Å²) in [5.74, 6) is -1.59. The Labute approximate surface area is 173 Å². The Morgan fingerprint density at radius 3 is 2.16 bits per heavy atom. The monoisotopic (exact) mass is 452 g/mol. The number of hydrogen-bond acceptors (Lipinski definition) is 3. The van der Waals surface area contributed by atoms with Gasteiger partial charge in [0.15, 0.2) is 0 Å². The van der Waals surface area contributed by atoms with Crippen LogP contribution in [0.15, 0.2) is 42.5 Å². The zero-order chi connectivity index (χ0) is 23.2. The SMILES string of the molecule is N[C@@H](Cc1cccc(F)c1)C(=O)NCCCOc1cc(C(F)(F)F)cc(C(F)(F)F)c1. The third-order valence-corrected chi connectivity index (χ3v) is 4.13. The molecule has 0 aromatic heterocycles. The molecule has 0 saturated carbocycles. The Kier molecular flexibility index (Phi) is 7.88. The van der Waals surface area contributed by atoms with Crippen LogP contribution in [-0.2, 0) is 23.6 Å². The number of halogens is 7. The highest BCUT2D eigenvalue weighted by Gasteiger charge is 2.37. The van der Waals surface area contributed by atoms with Crippen LogP contribution in [0.1, 0.15) is 23.1 Å². The third-order valence-electron chi connectivity index (χ3n) is 4.13. The normalized spacial score (nSPS) is 13.0. The van der Waals surface area contributed by atoms with E-state index in [4.69, 9.17) is 10.5 Å². The lowest BCUT2D eigenvalue weighted by Crippen LogP contribution is -2.42. The second-order valence-corrected chi connectivity index (χ2v) is 6.68. The van der Waals surface area contributed by atoms with Crippen molar-refractivity contribution < 1.29 is 40.3 Å². The van der Waals surface area contributed by atoms with Gasteiger partial charge in [-0.15, -0.1) is 0 Å². The molecule has 0 aliphatic rings. The molecule has 0 aliphatic heterocycles.